The summed E-state index contributed by atoms with van der Waals surface area (Å²) in [7, 11) is 0. The van der Waals surface area contributed by atoms with Crippen LogP contribution in [0.15, 0.2) is 48.5 Å². The van der Waals surface area contributed by atoms with E-state index >= 15 is 0 Å². The molecular formula is C19H18N2O3. The van der Waals surface area contributed by atoms with Gasteiger partial charge in [-0.2, -0.15) is 0 Å². The summed E-state index contributed by atoms with van der Waals surface area (Å²) in [6, 6.07) is 15.4. The Bertz CT molecular complexity index is 778. The Balaban J connectivity index is 1.42. The first-order valence-corrected chi connectivity index (χ1v) is 8.12. The molecule has 5 heteroatoms. The Labute approximate surface area is 140 Å². The van der Waals surface area contributed by atoms with Crippen molar-refractivity contribution < 1.29 is 14.3 Å². The smallest absolute Gasteiger partial charge is 0.228 e. The monoisotopic (exact) mass is 322 g/mol. The van der Waals surface area contributed by atoms with E-state index in [9.17, 15) is 9.59 Å². The Hall–Kier alpha value is -2.82. The maximum absolute atomic E-state index is 12.6. The van der Waals surface area contributed by atoms with Gasteiger partial charge in [0.15, 0.2) is 0 Å². The number of benzene rings is 2. The third kappa shape index (κ3) is 2.73. The number of rotatable bonds is 3. The molecule has 2 N–H and O–H groups in total. The summed E-state index contributed by atoms with van der Waals surface area (Å²) >= 11 is 0. The SMILES string of the molecule is O=C1CC(C(=O)NCC2Cc3ccccc3O2)c2ccccc2N1. The number of nitrogens with one attached hydrogen (secondary N) is 2. The van der Waals surface area contributed by atoms with E-state index < -0.39 is 5.92 Å². The summed E-state index contributed by atoms with van der Waals surface area (Å²) < 4.78 is 5.84. The topological polar surface area (TPSA) is 67.4 Å². The van der Waals surface area contributed by atoms with E-state index in [1.54, 1.807) is 0 Å². The van der Waals surface area contributed by atoms with E-state index in [0.717, 1.165) is 23.4 Å². The van der Waals surface area contributed by atoms with Crippen molar-refractivity contribution in [1.82, 2.24) is 5.32 Å². The molecule has 2 amide bonds. The number of para-hydroxylation sites is 2. The lowest BCUT2D eigenvalue weighted by atomic mass is 9.90. The van der Waals surface area contributed by atoms with Crippen LogP contribution in [0.3, 0.4) is 0 Å². The molecule has 0 aliphatic carbocycles. The number of carbonyl (C=O) groups excluding carboxylic acids is 2. The Morgan fingerprint density at radius 2 is 1.92 bits per heavy atom. The fourth-order valence-electron chi connectivity index (χ4n) is 3.35. The van der Waals surface area contributed by atoms with E-state index in [0.29, 0.717) is 6.54 Å². The third-order valence-electron chi connectivity index (χ3n) is 4.53. The lowest BCUT2D eigenvalue weighted by molar-refractivity contribution is -0.126. The lowest BCUT2D eigenvalue weighted by Gasteiger charge is -2.25. The number of amides is 2. The molecule has 2 aliphatic heterocycles. The van der Waals surface area contributed by atoms with Crippen LogP contribution in [-0.2, 0) is 16.0 Å². The zero-order valence-electron chi connectivity index (χ0n) is 13.1. The van der Waals surface area contributed by atoms with Crippen LogP contribution in [-0.4, -0.2) is 24.5 Å². The molecule has 2 heterocycles. The van der Waals surface area contributed by atoms with Crippen molar-refractivity contribution in [1.29, 1.82) is 0 Å². The lowest BCUT2D eigenvalue weighted by Crippen LogP contribution is -2.39. The second kappa shape index (κ2) is 6.00. The summed E-state index contributed by atoms with van der Waals surface area (Å²) in [5.74, 6) is 0.188. The standard InChI is InChI=1S/C19H18N2O3/c22-18-10-15(14-6-2-3-7-16(14)21-18)19(23)20-11-13-9-12-5-1-4-8-17(12)24-13/h1-8,13,15H,9-11H2,(H,20,23)(H,21,22). The number of ether oxygens (including phenoxy) is 1. The molecule has 2 atom stereocenters. The zero-order valence-corrected chi connectivity index (χ0v) is 13.1. The van der Waals surface area contributed by atoms with Crippen LogP contribution < -0.4 is 15.4 Å². The average Bonchev–Trinajstić information content (AvgIpc) is 3.02. The highest BCUT2D eigenvalue weighted by molar-refractivity contribution is 6.01. The van der Waals surface area contributed by atoms with Crippen molar-refractivity contribution >= 4 is 17.5 Å². The zero-order chi connectivity index (χ0) is 16.5. The van der Waals surface area contributed by atoms with E-state index in [2.05, 4.69) is 10.6 Å². The molecule has 2 aliphatic rings. The molecule has 4 rings (SSSR count). The molecule has 0 saturated carbocycles. The van der Waals surface area contributed by atoms with Gasteiger partial charge in [0.25, 0.3) is 0 Å². The van der Waals surface area contributed by atoms with Gasteiger partial charge < -0.3 is 15.4 Å². The maximum atomic E-state index is 12.6. The van der Waals surface area contributed by atoms with Crippen LogP contribution in [0.5, 0.6) is 5.75 Å². The predicted octanol–water partition coefficient (Wildman–Crippen LogP) is 2.23. The average molecular weight is 322 g/mol. The Morgan fingerprint density at radius 1 is 1.12 bits per heavy atom. The number of hydrogen-bond acceptors (Lipinski definition) is 3. The normalized spacial score (nSPS) is 21.2. The van der Waals surface area contributed by atoms with Gasteiger partial charge in [-0.05, 0) is 23.3 Å². The van der Waals surface area contributed by atoms with Crippen molar-refractivity contribution in [2.75, 3.05) is 11.9 Å². The summed E-state index contributed by atoms with van der Waals surface area (Å²) in [6.07, 6.45) is 0.909. The molecule has 24 heavy (non-hydrogen) atoms. The minimum Gasteiger partial charge on any atom is -0.488 e. The first-order chi connectivity index (χ1) is 11.7. The molecule has 0 aromatic heterocycles. The van der Waals surface area contributed by atoms with Crippen molar-refractivity contribution in [3.63, 3.8) is 0 Å². The van der Waals surface area contributed by atoms with Gasteiger partial charge >= 0.3 is 0 Å². The van der Waals surface area contributed by atoms with E-state index in [4.69, 9.17) is 4.74 Å². The molecule has 0 spiro atoms. The molecule has 0 fully saturated rings. The number of hydrogen-bond donors (Lipinski definition) is 2. The van der Waals surface area contributed by atoms with Gasteiger partial charge in [0.2, 0.25) is 11.8 Å². The molecule has 2 aromatic carbocycles. The summed E-state index contributed by atoms with van der Waals surface area (Å²) in [5.41, 5.74) is 2.75. The van der Waals surface area contributed by atoms with Crippen molar-refractivity contribution in [2.45, 2.75) is 24.9 Å². The van der Waals surface area contributed by atoms with Crippen LogP contribution in [0.1, 0.15) is 23.5 Å². The van der Waals surface area contributed by atoms with Gasteiger partial charge in [0, 0.05) is 18.5 Å². The molecule has 2 unspecified atom stereocenters. The Kier molecular flexibility index (Phi) is 3.69. The fourth-order valence-corrected chi connectivity index (χ4v) is 3.35. The van der Waals surface area contributed by atoms with Gasteiger partial charge in [0.05, 0.1) is 12.5 Å². The highest BCUT2D eigenvalue weighted by Crippen LogP contribution is 2.32. The number of anilines is 1. The number of fused-ring (bicyclic) bond motifs is 2. The molecule has 122 valence electrons. The summed E-state index contributed by atoms with van der Waals surface area (Å²) in [4.78, 5) is 24.4. The molecule has 5 nitrogen and oxygen atoms in total. The maximum Gasteiger partial charge on any atom is 0.228 e. The quantitative estimate of drug-likeness (QED) is 0.910. The van der Waals surface area contributed by atoms with Crippen molar-refractivity contribution in [3.05, 3.63) is 59.7 Å². The highest BCUT2D eigenvalue weighted by Gasteiger charge is 2.31. The van der Waals surface area contributed by atoms with Gasteiger partial charge in [-0.25, -0.2) is 0 Å². The van der Waals surface area contributed by atoms with Gasteiger partial charge in [-0.15, -0.1) is 0 Å². The third-order valence-corrected chi connectivity index (χ3v) is 4.53. The highest BCUT2D eigenvalue weighted by atomic mass is 16.5. The van der Waals surface area contributed by atoms with E-state index in [-0.39, 0.29) is 24.3 Å². The van der Waals surface area contributed by atoms with E-state index in [1.807, 2.05) is 48.5 Å². The minimum atomic E-state index is -0.446. The van der Waals surface area contributed by atoms with Crippen LogP contribution in [0.25, 0.3) is 0 Å². The minimum absolute atomic E-state index is 0.0565. The van der Waals surface area contributed by atoms with Crippen LogP contribution >= 0.6 is 0 Å². The predicted molar refractivity (Wildman–Crippen MR) is 90.0 cm³/mol. The molecular weight excluding hydrogens is 304 g/mol. The number of carbonyl (C=O) groups is 2. The molecule has 0 bridgehead atoms. The molecule has 0 radical (unpaired) electrons. The van der Waals surface area contributed by atoms with Crippen LogP contribution in [0, 0.1) is 0 Å². The summed E-state index contributed by atoms with van der Waals surface area (Å²) in [5, 5.41) is 5.76. The first-order valence-electron chi connectivity index (χ1n) is 8.12. The van der Waals surface area contributed by atoms with Gasteiger partial charge in [0.1, 0.15) is 11.9 Å². The Morgan fingerprint density at radius 3 is 2.79 bits per heavy atom. The second-order valence-corrected chi connectivity index (χ2v) is 6.19. The van der Waals surface area contributed by atoms with E-state index in [1.165, 1.54) is 5.56 Å². The first kappa shape index (κ1) is 14.8. The second-order valence-electron chi connectivity index (χ2n) is 6.19. The van der Waals surface area contributed by atoms with Crippen LogP contribution in [0.2, 0.25) is 0 Å². The van der Waals surface area contributed by atoms with Gasteiger partial charge in [-0.1, -0.05) is 36.4 Å². The van der Waals surface area contributed by atoms with Crippen LogP contribution in [0.4, 0.5) is 5.69 Å². The molecule has 0 saturated heterocycles. The van der Waals surface area contributed by atoms with Crippen molar-refractivity contribution in [3.8, 4) is 5.75 Å². The molecule has 2 aromatic rings. The largest absolute Gasteiger partial charge is 0.488 e. The fraction of sp³-hybridized carbons (Fsp3) is 0.263. The van der Waals surface area contributed by atoms with Crippen molar-refractivity contribution in [2.24, 2.45) is 0 Å². The van der Waals surface area contributed by atoms with Gasteiger partial charge in [-0.3, -0.25) is 9.59 Å². The summed E-state index contributed by atoms with van der Waals surface area (Å²) in [6.45, 7) is 0.438.